The van der Waals surface area contributed by atoms with Gasteiger partial charge in [0.1, 0.15) is 0 Å². The molecule has 0 amide bonds. The van der Waals surface area contributed by atoms with Gasteiger partial charge in [0.2, 0.25) is 5.78 Å². The van der Waals surface area contributed by atoms with Crippen LogP contribution in [-0.2, 0) is 0 Å². The van der Waals surface area contributed by atoms with Crippen molar-refractivity contribution in [3.8, 4) is 78.0 Å². The van der Waals surface area contributed by atoms with Crippen LogP contribution in [0.4, 0.5) is 0 Å². The second-order valence-corrected chi connectivity index (χ2v) is 14.9. The van der Waals surface area contributed by atoms with Gasteiger partial charge in [-0.25, -0.2) is 9.97 Å². The van der Waals surface area contributed by atoms with Crippen LogP contribution in [0.5, 0.6) is 0 Å². The summed E-state index contributed by atoms with van der Waals surface area (Å²) in [6.07, 6.45) is 3.97. The molecule has 0 N–H and O–H groups in total. The van der Waals surface area contributed by atoms with Crippen LogP contribution in [0.2, 0.25) is 0 Å². The average Bonchev–Trinajstić information content (AvgIpc) is 3.88. The Morgan fingerprint density at radius 3 is 1.54 bits per heavy atom. The first-order valence-corrected chi connectivity index (χ1v) is 19.5. The minimum Gasteiger partial charge on any atom is -0.283 e. The van der Waals surface area contributed by atoms with Gasteiger partial charge in [-0.15, -0.1) is 0 Å². The normalized spacial score (nSPS) is 11.9. The lowest BCUT2D eigenvalue weighted by Gasteiger charge is -2.20. The summed E-state index contributed by atoms with van der Waals surface area (Å²) >= 11 is 0. The van der Waals surface area contributed by atoms with Crippen LogP contribution in [0.15, 0.2) is 200 Å². The molecule has 0 saturated carbocycles. The van der Waals surface area contributed by atoms with Crippen molar-refractivity contribution >= 4 is 38.2 Å². The summed E-state index contributed by atoms with van der Waals surface area (Å²) in [5, 5.41) is 6.25. The van der Waals surface area contributed by atoms with E-state index in [4.69, 9.17) is 4.98 Å². The molecule has 0 saturated heterocycles. The molecule has 9 aromatic carbocycles. The van der Waals surface area contributed by atoms with Gasteiger partial charge >= 0.3 is 0 Å². The van der Waals surface area contributed by atoms with E-state index in [1.807, 2.05) is 12.3 Å². The SMILES string of the molecule is c1ccc(-c2c3c(c(-c4ccccc4)c4ccccc24)-c2ccc(-c4ccc(-c5ccc(-c6cn7c(ncc8ccccc87)n6)cc5)cc4)c4cccc-3c24)cc1. The highest BCUT2D eigenvalue weighted by Crippen LogP contribution is 2.58. The number of rotatable bonds is 5. The summed E-state index contributed by atoms with van der Waals surface area (Å²) in [5.41, 5.74) is 18.2. The van der Waals surface area contributed by atoms with Gasteiger partial charge in [0.15, 0.2) is 0 Å². The molecule has 3 heteroatoms. The van der Waals surface area contributed by atoms with Crippen molar-refractivity contribution in [2.45, 2.75) is 0 Å². The topological polar surface area (TPSA) is 30.2 Å². The number of imidazole rings is 1. The molecule has 11 aromatic rings. The third-order valence-electron chi connectivity index (χ3n) is 11.8. The molecule has 0 spiro atoms. The standard InChI is InChI=1S/C54H33N3/c1-3-12-38(13-4-1)49-43-17-8-9-18-44(43)50(39-14-5-2-6-15-39)53-46-31-30-41(42-19-11-20-45(51(42)46)52(49)53)36-26-22-34(23-27-36)35-24-28-37(29-25-35)47-33-57-48-21-10-7-16-40(48)32-55-54(57)56-47/h1-33H. The van der Waals surface area contributed by atoms with Crippen molar-refractivity contribution < 1.29 is 0 Å². The smallest absolute Gasteiger partial charge is 0.234 e. The van der Waals surface area contributed by atoms with Crippen LogP contribution in [-0.4, -0.2) is 14.4 Å². The molecule has 12 rings (SSSR count). The minimum absolute atomic E-state index is 0.706. The van der Waals surface area contributed by atoms with Crippen molar-refractivity contribution in [2.75, 3.05) is 0 Å². The van der Waals surface area contributed by atoms with E-state index >= 15 is 0 Å². The molecule has 0 radical (unpaired) electrons. The Morgan fingerprint density at radius 2 is 0.877 bits per heavy atom. The zero-order chi connectivity index (χ0) is 37.5. The van der Waals surface area contributed by atoms with Crippen LogP contribution in [0, 0.1) is 0 Å². The van der Waals surface area contributed by atoms with Gasteiger partial charge in [-0.1, -0.05) is 182 Å². The molecule has 1 aliphatic rings. The monoisotopic (exact) mass is 723 g/mol. The molecule has 3 nitrogen and oxygen atoms in total. The van der Waals surface area contributed by atoms with Gasteiger partial charge in [0.05, 0.1) is 11.2 Å². The van der Waals surface area contributed by atoms with Crippen LogP contribution >= 0.6 is 0 Å². The molecular weight excluding hydrogens is 691 g/mol. The van der Waals surface area contributed by atoms with Crippen LogP contribution in [0.3, 0.4) is 0 Å². The fraction of sp³-hybridized carbons (Fsp3) is 0. The van der Waals surface area contributed by atoms with E-state index in [0.717, 1.165) is 22.2 Å². The van der Waals surface area contributed by atoms with Gasteiger partial charge in [-0.05, 0) is 94.4 Å². The van der Waals surface area contributed by atoms with Gasteiger partial charge in [-0.3, -0.25) is 4.40 Å². The Labute approximate surface area is 329 Å². The van der Waals surface area contributed by atoms with Crippen molar-refractivity contribution in [1.82, 2.24) is 14.4 Å². The van der Waals surface area contributed by atoms with E-state index < -0.39 is 0 Å². The van der Waals surface area contributed by atoms with E-state index in [1.54, 1.807) is 0 Å². The molecule has 0 fully saturated rings. The molecule has 0 aliphatic heterocycles. The Balaban J connectivity index is 0.961. The first kappa shape index (κ1) is 31.7. The maximum absolute atomic E-state index is 4.84. The Bertz CT molecular complexity index is 3270. The Hall–Kier alpha value is -7.62. The first-order chi connectivity index (χ1) is 28.3. The van der Waals surface area contributed by atoms with Crippen molar-refractivity contribution in [1.29, 1.82) is 0 Å². The molecule has 0 unspecified atom stereocenters. The van der Waals surface area contributed by atoms with Crippen molar-refractivity contribution in [2.24, 2.45) is 0 Å². The van der Waals surface area contributed by atoms with Gasteiger partial charge in [0.25, 0.3) is 0 Å². The number of aromatic nitrogens is 3. The van der Waals surface area contributed by atoms with E-state index in [2.05, 4.69) is 198 Å². The summed E-state index contributed by atoms with van der Waals surface area (Å²) < 4.78 is 2.07. The fourth-order valence-corrected chi connectivity index (χ4v) is 9.26. The molecule has 0 atom stereocenters. The number of benzene rings is 9. The zero-order valence-corrected chi connectivity index (χ0v) is 30.9. The minimum atomic E-state index is 0.706. The largest absolute Gasteiger partial charge is 0.283 e. The summed E-state index contributed by atoms with van der Waals surface area (Å²) in [6, 6.07) is 68.4. The maximum atomic E-state index is 4.84. The summed E-state index contributed by atoms with van der Waals surface area (Å²) in [6.45, 7) is 0. The third kappa shape index (κ3) is 4.86. The predicted octanol–water partition coefficient (Wildman–Crippen LogP) is 14.2. The predicted molar refractivity (Wildman–Crippen MR) is 237 cm³/mol. The fourth-order valence-electron chi connectivity index (χ4n) is 9.26. The quantitative estimate of drug-likeness (QED) is 0.177. The van der Waals surface area contributed by atoms with Crippen LogP contribution in [0.1, 0.15) is 0 Å². The third-order valence-corrected chi connectivity index (χ3v) is 11.8. The summed E-state index contributed by atoms with van der Waals surface area (Å²) in [7, 11) is 0. The van der Waals surface area contributed by atoms with Gasteiger partial charge < -0.3 is 0 Å². The number of fused-ring (bicyclic) bond motifs is 7. The lowest BCUT2D eigenvalue weighted by molar-refractivity contribution is 1.17. The molecule has 1 aliphatic carbocycles. The van der Waals surface area contributed by atoms with E-state index in [0.29, 0.717) is 5.78 Å². The van der Waals surface area contributed by atoms with E-state index in [1.165, 1.54) is 88.3 Å². The van der Waals surface area contributed by atoms with Crippen LogP contribution < -0.4 is 0 Å². The molecule has 57 heavy (non-hydrogen) atoms. The molecular formula is C54H33N3. The zero-order valence-electron chi connectivity index (χ0n) is 30.9. The first-order valence-electron chi connectivity index (χ1n) is 19.5. The Kier molecular flexibility index (Phi) is 6.93. The highest BCUT2D eigenvalue weighted by molar-refractivity contribution is 6.28. The number of para-hydroxylation sites is 1. The van der Waals surface area contributed by atoms with Crippen LogP contribution in [0.25, 0.3) is 116 Å². The van der Waals surface area contributed by atoms with Crippen molar-refractivity contribution in [3.63, 3.8) is 0 Å². The van der Waals surface area contributed by atoms with Crippen molar-refractivity contribution in [3.05, 3.63) is 200 Å². The maximum Gasteiger partial charge on any atom is 0.234 e. The molecule has 2 aromatic heterocycles. The molecule has 264 valence electrons. The van der Waals surface area contributed by atoms with Gasteiger partial charge in [0, 0.05) is 23.3 Å². The summed E-state index contributed by atoms with van der Waals surface area (Å²) in [4.78, 5) is 9.43. The molecule has 2 heterocycles. The highest BCUT2D eigenvalue weighted by atomic mass is 15.1. The second kappa shape index (κ2) is 12.5. The van der Waals surface area contributed by atoms with Gasteiger partial charge in [-0.2, -0.15) is 0 Å². The lowest BCUT2D eigenvalue weighted by Crippen LogP contribution is -1.93. The number of hydrogen-bond acceptors (Lipinski definition) is 2. The lowest BCUT2D eigenvalue weighted by atomic mass is 9.82. The average molecular weight is 724 g/mol. The molecule has 0 bridgehead atoms. The van der Waals surface area contributed by atoms with E-state index in [-0.39, 0.29) is 0 Å². The van der Waals surface area contributed by atoms with E-state index in [9.17, 15) is 0 Å². The number of nitrogens with zero attached hydrogens (tertiary/aromatic N) is 3. The number of hydrogen-bond donors (Lipinski definition) is 0. The summed E-state index contributed by atoms with van der Waals surface area (Å²) in [5.74, 6) is 0.706. The highest BCUT2D eigenvalue weighted by Gasteiger charge is 2.31. The second-order valence-electron chi connectivity index (χ2n) is 14.9. The Morgan fingerprint density at radius 1 is 0.351 bits per heavy atom.